The zero-order valence-corrected chi connectivity index (χ0v) is 11.6. The van der Waals surface area contributed by atoms with Gasteiger partial charge in [0.1, 0.15) is 11.7 Å². The van der Waals surface area contributed by atoms with E-state index in [9.17, 15) is 14.9 Å². The van der Waals surface area contributed by atoms with E-state index in [1.807, 2.05) is 18.2 Å². The van der Waals surface area contributed by atoms with Gasteiger partial charge < -0.3 is 10.1 Å². The molecule has 21 heavy (non-hydrogen) atoms. The van der Waals surface area contributed by atoms with Crippen LogP contribution in [0, 0.1) is 16.0 Å². The molecule has 0 amide bonds. The standard InChI is InChI=1S/C15H16N2O4/c1-2-21-15(18)14-11-6-3-5-9(11)10-7-4-8-12(17(19)20)13(10)16-14/h3-5,7-9,11,14,16H,2,6H2,1H3/t9-,11+,14+/m0/s1. The predicted molar refractivity (Wildman–Crippen MR) is 77.1 cm³/mol. The quantitative estimate of drug-likeness (QED) is 0.400. The molecular formula is C15H16N2O4. The van der Waals surface area contributed by atoms with Gasteiger partial charge in [0.05, 0.1) is 11.5 Å². The SMILES string of the molecule is CCOC(=O)[C@@H]1Nc2c(cccc2[N+](=O)[O-])[C@@H]2C=CC[C@@H]12. The van der Waals surface area contributed by atoms with Crippen LogP contribution in [-0.4, -0.2) is 23.5 Å². The van der Waals surface area contributed by atoms with Crippen molar-refractivity contribution in [1.29, 1.82) is 0 Å². The number of nitrogens with zero attached hydrogens (tertiary/aromatic N) is 1. The molecule has 0 aromatic heterocycles. The summed E-state index contributed by atoms with van der Waals surface area (Å²) in [5.74, 6) is -0.269. The molecule has 0 bridgehead atoms. The molecule has 0 saturated heterocycles. The average molecular weight is 288 g/mol. The minimum Gasteiger partial charge on any atom is -0.464 e. The number of para-hydroxylation sites is 1. The number of anilines is 1. The molecule has 0 saturated carbocycles. The van der Waals surface area contributed by atoms with Gasteiger partial charge in [0.25, 0.3) is 5.69 Å². The highest BCUT2D eigenvalue weighted by atomic mass is 16.6. The highest BCUT2D eigenvalue weighted by Crippen LogP contribution is 2.47. The molecule has 2 aliphatic rings. The molecule has 110 valence electrons. The Balaban J connectivity index is 2.05. The Hall–Kier alpha value is -2.37. The molecule has 0 fully saturated rings. The fourth-order valence-electron chi connectivity index (χ4n) is 3.22. The normalized spacial score (nSPS) is 25.7. The van der Waals surface area contributed by atoms with E-state index in [0.717, 1.165) is 12.0 Å². The van der Waals surface area contributed by atoms with Crippen LogP contribution in [0.2, 0.25) is 0 Å². The first-order valence-electron chi connectivity index (χ1n) is 7.00. The summed E-state index contributed by atoms with van der Waals surface area (Å²) in [6.07, 6.45) is 4.82. The molecule has 0 radical (unpaired) electrons. The first kappa shape index (κ1) is 13.6. The van der Waals surface area contributed by atoms with Gasteiger partial charge >= 0.3 is 5.97 Å². The van der Waals surface area contributed by atoms with Gasteiger partial charge in [-0.2, -0.15) is 0 Å². The lowest BCUT2D eigenvalue weighted by Gasteiger charge is -2.35. The molecule has 1 aromatic rings. The molecule has 6 heteroatoms. The van der Waals surface area contributed by atoms with E-state index in [2.05, 4.69) is 5.32 Å². The van der Waals surface area contributed by atoms with Gasteiger partial charge in [0, 0.05) is 17.9 Å². The molecule has 0 unspecified atom stereocenters. The Morgan fingerprint density at radius 3 is 3.05 bits per heavy atom. The number of allylic oxidation sites excluding steroid dienone is 2. The molecule has 1 N–H and O–H groups in total. The summed E-state index contributed by atoms with van der Waals surface area (Å²) in [5.41, 5.74) is 1.32. The number of esters is 1. The van der Waals surface area contributed by atoms with Crippen molar-refractivity contribution in [3.63, 3.8) is 0 Å². The summed E-state index contributed by atoms with van der Waals surface area (Å²) in [6.45, 7) is 2.05. The predicted octanol–water partition coefficient (Wildman–Crippen LogP) is 2.61. The summed E-state index contributed by atoms with van der Waals surface area (Å²) in [6, 6.07) is 4.47. The number of benzene rings is 1. The van der Waals surface area contributed by atoms with E-state index < -0.39 is 11.0 Å². The van der Waals surface area contributed by atoms with Crippen LogP contribution in [0.3, 0.4) is 0 Å². The van der Waals surface area contributed by atoms with Crippen LogP contribution in [0.25, 0.3) is 0 Å². The minimum absolute atomic E-state index is 0.000508. The van der Waals surface area contributed by atoms with Gasteiger partial charge in [0.2, 0.25) is 0 Å². The Bertz CT molecular complexity index is 626. The maximum atomic E-state index is 12.1. The van der Waals surface area contributed by atoms with Crippen molar-refractivity contribution in [2.45, 2.75) is 25.3 Å². The van der Waals surface area contributed by atoms with E-state index in [-0.39, 0.29) is 23.5 Å². The zero-order chi connectivity index (χ0) is 15.0. The number of nitro groups is 1. The summed E-state index contributed by atoms with van der Waals surface area (Å²) in [5, 5.41) is 14.2. The lowest BCUT2D eigenvalue weighted by atomic mass is 9.79. The second-order valence-electron chi connectivity index (χ2n) is 5.23. The Labute approximate surface area is 121 Å². The Morgan fingerprint density at radius 2 is 2.33 bits per heavy atom. The van der Waals surface area contributed by atoms with Gasteiger partial charge in [-0.25, -0.2) is 4.79 Å². The van der Waals surface area contributed by atoms with Gasteiger partial charge in [-0.15, -0.1) is 0 Å². The lowest BCUT2D eigenvalue weighted by molar-refractivity contribution is -0.384. The molecule has 1 aliphatic carbocycles. The highest BCUT2D eigenvalue weighted by molar-refractivity contribution is 5.84. The van der Waals surface area contributed by atoms with Crippen molar-refractivity contribution in [2.24, 2.45) is 5.92 Å². The largest absolute Gasteiger partial charge is 0.464 e. The second kappa shape index (κ2) is 5.20. The zero-order valence-electron chi connectivity index (χ0n) is 11.6. The smallest absolute Gasteiger partial charge is 0.328 e. The van der Waals surface area contributed by atoms with Crippen LogP contribution in [-0.2, 0) is 9.53 Å². The summed E-state index contributed by atoms with van der Waals surface area (Å²) in [4.78, 5) is 22.9. The summed E-state index contributed by atoms with van der Waals surface area (Å²) in [7, 11) is 0. The van der Waals surface area contributed by atoms with E-state index >= 15 is 0 Å². The average Bonchev–Trinajstić information content (AvgIpc) is 2.95. The van der Waals surface area contributed by atoms with Crippen molar-refractivity contribution < 1.29 is 14.5 Å². The first-order valence-corrected chi connectivity index (χ1v) is 7.00. The molecule has 3 rings (SSSR count). The highest BCUT2D eigenvalue weighted by Gasteiger charge is 2.43. The van der Waals surface area contributed by atoms with Crippen molar-refractivity contribution >= 4 is 17.3 Å². The Morgan fingerprint density at radius 1 is 1.52 bits per heavy atom. The van der Waals surface area contributed by atoms with E-state index in [1.54, 1.807) is 13.0 Å². The van der Waals surface area contributed by atoms with Crippen LogP contribution >= 0.6 is 0 Å². The topological polar surface area (TPSA) is 81.5 Å². The number of hydrogen-bond acceptors (Lipinski definition) is 5. The van der Waals surface area contributed by atoms with Crippen molar-refractivity contribution in [3.8, 4) is 0 Å². The molecular weight excluding hydrogens is 272 g/mol. The molecule has 1 aliphatic heterocycles. The maximum Gasteiger partial charge on any atom is 0.328 e. The first-order chi connectivity index (χ1) is 10.1. The molecule has 1 aromatic carbocycles. The van der Waals surface area contributed by atoms with Gasteiger partial charge in [0.15, 0.2) is 0 Å². The van der Waals surface area contributed by atoms with Crippen LogP contribution in [0.15, 0.2) is 30.4 Å². The van der Waals surface area contributed by atoms with E-state index in [4.69, 9.17) is 4.74 Å². The van der Waals surface area contributed by atoms with Gasteiger partial charge in [-0.05, 0) is 18.9 Å². The second-order valence-corrected chi connectivity index (χ2v) is 5.23. The third-order valence-electron chi connectivity index (χ3n) is 4.11. The van der Waals surface area contributed by atoms with E-state index in [0.29, 0.717) is 12.3 Å². The lowest BCUT2D eigenvalue weighted by Crippen LogP contribution is -2.43. The minimum atomic E-state index is -0.543. The fourth-order valence-corrected chi connectivity index (χ4v) is 3.22. The van der Waals surface area contributed by atoms with Crippen LogP contribution < -0.4 is 5.32 Å². The van der Waals surface area contributed by atoms with Crippen LogP contribution in [0.1, 0.15) is 24.8 Å². The number of ether oxygens (including phenoxy) is 1. The number of fused-ring (bicyclic) bond motifs is 3. The molecule has 0 spiro atoms. The molecule has 1 heterocycles. The third kappa shape index (κ3) is 2.16. The van der Waals surface area contributed by atoms with E-state index in [1.165, 1.54) is 6.07 Å². The number of nitrogens with one attached hydrogen (secondary N) is 1. The molecule has 6 nitrogen and oxygen atoms in total. The fraction of sp³-hybridized carbons (Fsp3) is 0.400. The number of carbonyl (C=O) groups excluding carboxylic acids is 1. The molecule has 3 atom stereocenters. The van der Waals surface area contributed by atoms with Gasteiger partial charge in [-0.3, -0.25) is 10.1 Å². The summed E-state index contributed by atoms with van der Waals surface area (Å²) >= 11 is 0. The van der Waals surface area contributed by atoms with Crippen molar-refractivity contribution in [2.75, 3.05) is 11.9 Å². The van der Waals surface area contributed by atoms with Crippen LogP contribution in [0.4, 0.5) is 11.4 Å². The number of carbonyl (C=O) groups is 1. The summed E-state index contributed by atoms with van der Waals surface area (Å²) < 4.78 is 5.11. The maximum absolute atomic E-state index is 12.1. The number of nitro benzene ring substituents is 1. The monoisotopic (exact) mass is 288 g/mol. The Kier molecular flexibility index (Phi) is 3.37. The van der Waals surface area contributed by atoms with Crippen molar-refractivity contribution in [3.05, 3.63) is 46.0 Å². The number of rotatable bonds is 3. The van der Waals surface area contributed by atoms with Crippen LogP contribution in [0.5, 0.6) is 0 Å². The number of hydrogen-bond donors (Lipinski definition) is 1. The van der Waals surface area contributed by atoms with Crippen molar-refractivity contribution in [1.82, 2.24) is 0 Å². The third-order valence-corrected chi connectivity index (χ3v) is 4.11. The van der Waals surface area contributed by atoms with Gasteiger partial charge in [-0.1, -0.05) is 24.3 Å².